The second kappa shape index (κ2) is 11.4. The van der Waals surface area contributed by atoms with Crippen LogP contribution < -0.4 is 0 Å². The van der Waals surface area contributed by atoms with Crippen molar-refractivity contribution in [3.05, 3.63) is 0 Å². The van der Waals surface area contributed by atoms with Crippen LogP contribution in [0.5, 0.6) is 0 Å². The average Bonchev–Trinajstić information content (AvgIpc) is 1.25. The highest BCUT2D eigenvalue weighted by atomic mass is 31.1. The molecule has 2 unspecified atom stereocenters. The van der Waals surface area contributed by atoms with Crippen LogP contribution in [-0.4, -0.2) is 40.5 Å². The van der Waals surface area contributed by atoms with Gasteiger partial charge < -0.3 is 0 Å². The molecular formula is C2H11AlO4P2+2. The van der Waals surface area contributed by atoms with Crippen LogP contribution in [-0.2, 0) is 9.13 Å². The minimum absolute atomic E-state index is 0. The van der Waals surface area contributed by atoms with E-state index in [1.807, 2.05) is 0 Å². The van der Waals surface area contributed by atoms with Crippen molar-refractivity contribution in [2.45, 2.75) is 0 Å². The van der Waals surface area contributed by atoms with Crippen molar-refractivity contribution in [2.24, 2.45) is 0 Å². The minimum Gasteiger partial charge on any atom is -0.161 e. The summed E-state index contributed by atoms with van der Waals surface area (Å²) in [6, 6.07) is 0. The lowest BCUT2D eigenvalue weighted by atomic mass is 12.0. The molecule has 54 valence electrons. The third-order valence-corrected chi connectivity index (χ3v) is 0. The van der Waals surface area contributed by atoms with Gasteiger partial charge in [0.2, 0.25) is 0 Å². The number of rotatable bonds is 0. The lowest BCUT2D eigenvalue weighted by Crippen LogP contribution is -1.35. The molecule has 0 aliphatic carbocycles. The van der Waals surface area contributed by atoms with Crippen molar-refractivity contribution in [2.75, 3.05) is 13.3 Å². The van der Waals surface area contributed by atoms with Crippen LogP contribution in [0.3, 0.4) is 0 Å². The molecule has 0 spiro atoms. The molecule has 0 saturated carbocycles. The molecule has 4 nitrogen and oxygen atoms in total. The van der Waals surface area contributed by atoms with Gasteiger partial charge in [-0.1, -0.05) is 0 Å². The molecule has 2 N–H and O–H groups in total. The van der Waals surface area contributed by atoms with Crippen LogP contribution in [0.1, 0.15) is 0 Å². The molecule has 0 aliphatic rings. The van der Waals surface area contributed by atoms with Gasteiger partial charge in [0.15, 0.2) is 30.7 Å². The van der Waals surface area contributed by atoms with Gasteiger partial charge in [0.25, 0.3) is 0 Å². The quantitative estimate of drug-likeness (QED) is 0.397. The summed E-state index contributed by atoms with van der Waals surface area (Å²) in [6.07, 6.45) is 0. The van der Waals surface area contributed by atoms with E-state index < -0.39 is 16.1 Å². The fourth-order valence-corrected chi connectivity index (χ4v) is 0. The van der Waals surface area contributed by atoms with Crippen molar-refractivity contribution in [1.82, 2.24) is 0 Å². The first kappa shape index (κ1) is 16.3. The van der Waals surface area contributed by atoms with Gasteiger partial charge >= 0.3 is 16.1 Å². The minimum atomic E-state index is -1.87. The van der Waals surface area contributed by atoms with Crippen molar-refractivity contribution in [3.63, 3.8) is 0 Å². The van der Waals surface area contributed by atoms with E-state index in [2.05, 4.69) is 0 Å². The second-order valence-electron chi connectivity index (χ2n) is 0.928. The Morgan fingerprint density at radius 2 is 1.00 bits per heavy atom. The van der Waals surface area contributed by atoms with Gasteiger partial charge in [-0.3, -0.25) is 0 Å². The molecule has 0 aromatic carbocycles. The molecule has 0 bridgehead atoms. The first-order valence-corrected chi connectivity index (χ1v) is 4.98. The molecule has 0 amide bonds. The van der Waals surface area contributed by atoms with E-state index in [-0.39, 0.29) is 17.4 Å². The fraction of sp³-hybridized carbons (Fsp3) is 1.00. The summed E-state index contributed by atoms with van der Waals surface area (Å²) in [4.78, 5) is 15.1. The maximum absolute atomic E-state index is 9.15. The van der Waals surface area contributed by atoms with E-state index >= 15 is 0 Å². The SMILES string of the molecule is C[P+](=O)O.C[P+](=O)O.[AlH3]. The van der Waals surface area contributed by atoms with Crippen molar-refractivity contribution >= 4 is 33.4 Å². The Hall–Kier alpha value is 0.652. The van der Waals surface area contributed by atoms with Crippen molar-refractivity contribution in [3.8, 4) is 0 Å². The lowest BCUT2D eigenvalue weighted by Gasteiger charge is -1.36. The summed E-state index contributed by atoms with van der Waals surface area (Å²) in [5, 5.41) is 0. The lowest BCUT2D eigenvalue weighted by molar-refractivity contribution is 0.508. The molecule has 0 aromatic rings. The van der Waals surface area contributed by atoms with Crippen LogP contribution in [0.25, 0.3) is 0 Å². The van der Waals surface area contributed by atoms with Gasteiger partial charge in [0.1, 0.15) is 0 Å². The normalized spacial score (nSPS) is 9.78. The molecule has 0 saturated heterocycles. The Labute approximate surface area is 66.2 Å². The summed E-state index contributed by atoms with van der Waals surface area (Å²) in [6.45, 7) is 2.46. The summed E-state index contributed by atoms with van der Waals surface area (Å²) in [7, 11) is -3.74. The van der Waals surface area contributed by atoms with Crippen molar-refractivity contribution in [1.29, 1.82) is 0 Å². The van der Waals surface area contributed by atoms with Gasteiger partial charge in [0.05, 0.1) is 0 Å². The Bertz CT molecular complexity index is 74.6. The molecule has 7 heteroatoms. The van der Waals surface area contributed by atoms with E-state index in [9.17, 15) is 0 Å². The van der Waals surface area contributed by atoms with Crippen LogP contribution in [0.15, 0.2) is 0 Å². The summed E-state index contributed by atoms with van der Waals surface area (Å²) in [5.74, 6) is 0. The fourth-order valence-electron chi connectivity index (χ4n) is 0. The maximum atomic E-state index is 9.15. The highest BCUT2D eigenvalue weighted by molar-refractivity contribution is 7.37. The standard InChI is InChI=1S/2CH3O2P.Al.3H/c2*1-4(2)3;;;;/h2*1H3;;;;/p+2. The summed E-state index contributed by atoms with van der Waals surface area (Å²) in [5.41, 5.74) is 0. The second-order valence-corrected chi connectivity index (χ2v) is 2.79. The van der Waals surface area contributed by atoms with E-state index in [0.717, 1.165) is 0 Å². The van der Waals surface area contributed by atoms with Crippen LogP contribution in [0.2, 0.25) is 0 Å². The Balaban J connectivity index is -0.0000000720. The summed E-state index contributed by atoms with van der Waals surface area (Å²) < 4.78 is 18.3. The third kappa shape index (κ3) is 899. The van der Waals surface area contributed by atoms with Gasteiger partial charge in [-0.05, 0) is 9.13 Å². The molecule has 0 heterocycles. The smallest absolute Gasteiger partial charge is 0.161 e. The zero-order valence-corrected chi connectivity index (χ0v) is 6.39. The molecule has 2 atom stereocenters. The average molecular weight is 188 g/mol. The number of hydrogen-bond donors (Lipinski definition) is 2. The Morgan fingerprint density at radius 1 is 1.00 bits per heavy atom. The largest absolute Gasteiger partial charge is 0.502 e. The Kier molecular flexibility index (Phi) is 20.8. The number of hydrogen-bond acceptors (Lipinski definition) is 2. The van der Waals surface area contributed by atoms with E-state index in [0.29, 0.717) is 0 Å². The monoisotopic (exact) mass is 188 g/mol. The first-order chi connectivity index (χ1) is 3.46. The molecule has 0 aromatic heterocycles. The molecule has 0 radical (unpaired) electrons. The van der Waals surface area contributed by atoms with Gasteiger partial charge in [0, 0.05) is 0 Å². The van der Waals surface area contributed by atoms with Crippen LogP contribution in [0.4, 0.5) is 0 Å². The highest BCUT2D eigenvalue weighted by Crippen LogP contribution is 2.00. The molecule has 9 heavy (non-hydrogen) atoms. The molecule has 0 rings (SSSR count). The zero-order chi connectivity index (χ0) is 7.15. The predicted octanol–water partition coefficient (Wildman–Crippen LogP) is -0.482. The zero-order valence-electron chi connectivity index (χ0n) is 4.61. The third-order valence-electron chi connectivity index (χ3n) is 0. The molecule has 0 aliphatic heterocycles. The van der Waals surface area contributed by atoms with Crippen molar-refractivity contribution < 1.29 is 18.9 Å². The van der Waals surface area contributed by atoms with Gasteiger partial charge in [-0.25, -0.2) is 0 Å². The molecule has 0 fully saturated rings. The van der Waals surface area contributed by atoms with E-state index in [1.54, 1.807) is 0 Å². The Morgan fingerprint density at radius 3 is 1.00 bits per heavy atom. The van der Waals surface area contributed by atoms with E-state index in [4.69, 9.17) is 18.9 Å². The van der Waals surface area contributed by atoms with Crippen LogP contribution in [0, 0.1) is 0 Å². The highest BCUT2D eigenvalue weighted by Gasteiger charge is 1.86. The topological polar surface area (TPSA) is 74.6 Å². The molecular weight excluding hydrogens is 177 g/mol. The first-order valence-electron chi connectivity index (χ1n) is 1.66. The van der Waals surface area contributed by atoms with Crippen LogP contribution >= 0.6 is 16.1 Å². The summed E-state index contributed by atoms with van der Waals surface area (Å²) >= 11 is 0. The van der Waals surface area contributed by atoms with Gasteiger partial charge in [-0.2, -0.15) is 9.79 Å². The van der Waals surface area contributed by atoms with Gasteiger partial charge in [-0.15, -0.1) is 0 Å². The van der Waals surface area contributed by atoms with E-state index in [1.165, 1.54) is 13.3 Å². The maximum Gasteiger partial charge on any atom is 0.502 e. The predicted molar refractivity (Wildman–Crippen MR) is 41.4 cm³/mol.